The van der Waals surface area contributed by atoms with Crippen LogP contribution in [0.2, 0.25) is 0 Å². The Morgan fingerprint density at radius 2 is 0.932 bits per heavy atom. The van der Waals surface area contributed by atoms with Gasteiger partial charge in [0.1, 0.15) is 0 Å². The molecule has 4 heteroatoms. The Kier molecular flexibility index (Phi) is 6.43. The van der Waals surface area contributed by atoms with Crippen molar-refractivity contribution in [3.8, 4) is 56.4 Å². The van der Waals surface area contributed by atoms with Crippen molar-refractivity contribution in [2.24, 2.45) is 0 Å². The summed E-state index contributed by atoms with van der Waals surface area (Å²) in [6, 6.07) is 51.8. The molecule has 0 saturated carbocycles. The Balaban J connectivity index is 1.25. The summed E-state index contributed by atoms with van der Waals surface area (Å²) < 4.78 is 0. The summed E-state index contributed by atoms with van der Waals surface area (Å²) >= 11 is 0. The molecule has 0 fully saturated rings. The summed E-state index contributed by atoms with van der Waals surface area (Å²) in [7, 11) is 0. The van der Waals surface area contributed by atoms with Crippen LogP contribution in [0, 0.1) is 0 Å². The second-order valence-electron chi connectivity index (χ2n) is 10.7. The molecule has 0 aliphatic heterocycles. The third-order valence-corrected chi connectivity index (χ3v) is 7.97. The summed E-state index contributed by atoms with van der Waals surface area (Å²) in [5, 5.41) is 3.33. The van der Waals surface area contributed by atoms with Gasteiger partial charge >= 0.3 is 0 Å². The van der Waals surface area contributed by atoms with E-state index in [0.29, 0.717) is 5.82 Å². The molecule has 0 amide bonds. The molecule has 0 radical (unpaired) electrons. The van der Waals surface area contributed by atoms with Gasteiger partial charge in [0.05, 0.1) is 16.9 Å². The predicted octanol–water partition coefficient (Wildman–Crippen LogP) is 9.91. The second kappa shape index (κ2) is 11.0. The maximum Gasteiger partial charge on any atom is 0.161 e. The highest BCUT2D eigenvalue weighted by Gasteiger charge is 2.16. The Labute approximate surface area is 255 Å². The van der Waals surface area contributed by atoms with Crippen molar-refractivity contribution in [3.63, 3.8) is 0 Å². The number of fused-ring (bicyclic) bond motifs is 2. The number of hydrogen-bond donors (Lipinski definition) is 0. The summed E-state index contributed by atoms with van der Waals surface area (Å²) in [4.78, 5) is 20.0. The van der Waals surface area contributed by atoms with Crippen molar-refractivity contribution in [2.75, 3.05) is 0 Å². The van der Waals surface area contributed by atoms with Crippen LogP contribution in [0.3, 0.4) is 0 Å². The molecule has 0 saturated heterocycles. The molecule has 2 aromatic heterocycles. The van der Waals surface area contributed by atoms with E-state index >= 15 is 0 Å². The number of benzene rings is 6. The van der Waals surface area contributed by atoms with Crippen LogP contribution in [-0.4, -0.2) is 19.9 Å². The van der Waals surface area contributed by atoms with Crippen molar-refractivity contribution in [1.82, 2.24) is 19.9 Å². The third-order valence-electron chi connectivity index (χ3n) is 7.97. The van der Waals surface area contributed by atoms with Crippen molar-refractivity contribution in [1.29, 1.82) is 0 Å². The zero-order valence-corrected chi connectivity index (χ0v) is 23.8. The first-order chi connectivity index (χ1) is 21.8. The monoisotopic (exact) mass is 562 g/mol. The number of nitrogens with zero attached hydrogens (tertiary/aromatic N) is 4. The Morgan fingerprint density at radius 1 is 0.341 bits per heavy atom. The number of rotatable bonds is 5. The van der Waals surface area contributed by atoms with E-state index in [1.54, 1.807) is 0 Å². The van der Waals surface area contributed by atoms with Gasteiger partial charge < -0.3 is 0 Å². The lowest BCUT2D eigenvalue weighted by atomic mass is 9.98. The zero-order valence-electron chi connectivity index (χ0n) is 23.8. The van der Waals surface area contributed by atoms with E-state index in [9.17, 15) is 0 Å². The van der Waals surface area contributed by atoms with Gasteiger partial charge in [-0.15, -0.1) is 0 Å². The molecule has 8 aromatic rings. The molecule has 0 aliphatic carbocycles. The van der Waals surface area contributed by atoms with E-state index in [-0.39, 0.29) is 0 Å². The number of para-hydroxylation sites is 1. The highest BCUT2D eigenvalue weighted by Crippen LogP contribution is 2.35. The minimum Gasteiger partial charge on any atom is -0.236 e. The fraction of sp³-hybridized carbons (Fsp3) is 0. The van der Waals surface area contributed by atoms with Crippen molar-refractivity contribution in [2.45, 2.75) is 0 Å². The summed E-state index contributed by atoms with van der Waals surface area (Å²) in [5.41, 5.74) is 8.83. The zero-order chi connectivity index (χ0) is 29.3. The van der Waals surface area contributed by atoms with Gasteiger partial charge in [-0.05, 0) is 22.4 Å². The highest BCUT2D eigenvalue weighted by molar-refractivity contribution is 5.98. The van der Waals surface area contributed by atoms with Gasteiger partial charge in [0.25, 0.3) is 0 Å². The summed E-state index contributed by atoms with van der Waals surface area (Å²) in [6.45, 7) is 0. The standard InChI is InChI=1S/C40H26N4/c1-3-13-29(14-4-1)38-35(26-41-39(43-38)31-15-5-2-6-16-31)28-22-24-30(25-23-28)37-34-19-9-10-21-36(34)42-40(44-37)33-20-11-17-27-12-7-8-18-32(27)33/h1-26H. The van der Waals surface area contributed by atoms with Gasteiger partial charge in [0.15, 0.2) is 11.6 Å². The van der Waals surface area contributed by atoms with E-state index in [2.05, 4.69) is 91.0 Å². The van der Waals surface area contributed by atoms with Crippen LogP contribution in [0.1, 0.15) is 0 Å². The van der Waals surface area contributed by atoms with Crippen LogP contribution >= 0.6 is 0 Å². The molecule has 8 rings (SSSR count). The normalized spacial score (nSPS) is 11.2. The lowest BCUT2D eigenvalue weighted by molar-refractivity contribution is 1.18. The van der Waals surface area contributed by atoms with Crippen molar-refractivity contribution >= 4 is 21.7 Å². The molecule has 206 valence electrons. The van der Waals surface area contributed by atoms with Crippen molar-refractivity contribution < 1.29 is 0 Å². The molecule has 44 heavy (non-hydrogen) atoms. The van der Waals surface area contributed by atoms with Gasteiger partial charge in [0, 0.05) is 39.4 Å². The first kappa shape index (κ1) is 25.7. The van der Waals surface area contributed by atoms with Crippen LogP contribution in [0.15, 0.2) is 158 Å². The Hall–Kier alpha value is -6.00. The van der Waals surface area contributed by atoms with E-state index in [0.717, 1.165) is 66.9 Å². The van der Waals surface area contributed by atoms with Gasteiger partial charge in [-0.3, -0.25) is 0 Å². The smallest absolute Gasteiger partial charge is 0.161 e. The van der Waals surface area contributed by atoms with Gasteiger partial charge in [0.2, 0.25) is 0 Å². The molecule has 0 spiro atoms. The minimum absolute atomic E-state index is 0.707. The van der Waals surface area contributed by atoms with E-state index in [1.165, 1.54) is 5.39 Å². The molecule has 4 nitrogen and oxygen atoms in total. The lowest BCUT2D eigenvalue weighted by Crippen LogP contribution is -1.97. The first-order valence-corrected chi connectivity index (χ1v) is 14.7. The number of hydrogen-bond acceptors (Lipinski definition) is 4. The average molecular weight is 563 g/mol. The Bertz CT molecular complexity index is 2260. The maximum absolute atomic E-state index is 5.17. The SMILES string of the molecule is c1ccc(-c2ncc(-c3ccc(-c4nc(-c5cccc6ccccc56)nc5ccccc45)cc3)c(-c3ccccc3)n2)cc1. The van der Waals surface area contributed by atoms with Crippen molar-refractivity contribution in [3.05, 3.63) is 158 Å². The molecule has 0 bridgehead atoms. The lowest BCUT2D eigenvalue weighted by Gasteiger charge is -2.13. The topological polar surface area (TPSA) is 51.6 Å². The maximum atomic E-state index is 5.17. The highest BCUT2D eigenvalue weighted by atomic mass is 14.9. The molecular weight excluding hydrogens is 536 g/mol. The van der Waals surface area contributed by atoms with Gasteiger partial charge in [-0.25, -0.2) is 19.9 Å². The third kappa shape index (κ3) is 4.69. The fourth-order valence-corrected chi connectivity index (χ4v) is 5.78. The van der Waals surface area contributed by atoms with Crippen LogP contribution < -0.4 is 0 Å². The van der Waals surface area contributed by atoms with E-state index in [4.69, 9.17) is 19.9 Å². The summed E-state index contributed by atoms with van der Waals surface area (Å²) in [6.07, 6.45) is 1.94. The Morgan fingerprint density at radius 3 is 1.73 bits per heavy atom. The van der Waals surface area contributed by atoms with Crippen LogP contribution in [-0.2, 0) is 0 Å². The van der Waals surface area contributed by atoms with Crippen LogP contribution in [0.25, 0.3) is 78.1 Å². The molecular formula is C40H26N4. The molecule has 0 N–H and O–H groups in total. The first-order valence-electron chi connectivity index (χ1n) is 14.7. The molecule has 2 heterocycles. The van der Waals surface area contributed by atoms with Gasteiger partial charge in [-0.1, -0.05) is 146 Å². The van der Waals surface area contributed by atoms with Crippen LogP contribution in [0.4, 0.5) is 0 Å². The van der Waals surface area contributed by atoms with E-state index in [1.807, 2.05) is 66.9 Å². The molecule has 0 unspecified atom stereocenters. The fourth-order valence-electron chi connectivity index (χ4n) is 5.78. The quantitative estimate of drug-likeness (QED) is 0.209. The second-order valence-corrected chi connectivity index (χ2v) is 10.7. The average Bonchev–Trinajstić information content (AvgIpc) is 3.11. The predicted molar refractivity (Wildman–Crippen MR) is 180 cm³/mol. The molecule has 0 atom stereocenters. The molecule has 6 aromatic carbocycles. The largest absolute Gasteiger partial charge is 0.236 e. The van der Waals surface area contributed by atoms with Crippen LogP contribution in [0.5, 0.6) is 0 Å². The van der Waals surface area contributed by atoms with E-state index < -0.39 is 0 Å². The minimum atomic E-state index is 0.707. The van der Waals surface area contributed by atoms with Gasteiger partial charge in [-0.2, -0.15) is 0 Å². The summed E-state index contributed by atoms with van der Waals surface area (Å²) in [5.74, 6) is 1.43. The molecule has 0 aliphatic rings. The number of aromatic nitrogens is 4.